The Morgan fingerprint density at radius 3 is 2.62 bits per heavy atom. The number of carbonyl (C=O) groups is 1. The predicted octanol–water partition coefficient (Wildman–Crippen LogP) is 2.92. The average Bonchev–Trinajstić information content (AvgIpc) is 2.74. The standard InChI is InChI=1S/C17H26N2O2/c1-13(18)15-10-6-7-11-16(15)21-12-17(20)19-14-8-4-2-3-5-9-14/h6-7,10-11,13-14H,2-5,8-9,12,18H2,1H3,(H,19,20). The zero-order valence-corrected chi connectivity index (χ0v) is 12.8. The lowest BCUT2D eigenvalue weighted by molar-refractivity contribution is -0.123. The fourth-order valence-electron chi connectivity index (χ4n) is 2.82. The van der Waals surface area contributed by atoms with Gasteiger partial charge in [0.1, 0.15) is 5.75 Å². The van der Waals surface area contributed by atoms with Crippen LogP contribution in [-0.2, 0) is 4.79 Å². The van der Waals surface area contributed by atoms with Crippen LogP contribution in [0.3, 0.4) is 0 Å². The third kappa shape index (κ3) is 5.05. The third-order valence-electron chi connectivity index (χ3n) is 3.99. The summed E-state index contributed by atoms with van der Waals surface area (Å²) in [6.45, 7) is 1.97. The zero-order valence-electron chi connectivity index (χ0n) is 12.8. The molecule has 0 spiro atoms. The molecule has 1 saturated carbocycles. The van der Waals surface area contributed by atoms with Crippen LogP contribution in [-0.4, -0.2) is 18.6 Å². The first-order chi connectivity index (χ1) is 10.2. The van der Waals surface area contributed by atoms with Crippen LogP contribution in [0.15, 0.2) is 24.3 Å². The molecule has 1 fully saturated rings. The molecule has 4 heteroatoms. The van der Waals surface area contributed by atoms with Crippen LogP contribution in [0.1, 0.15) is 57.1 Å². The van der Waals surface area contributed by atoms with Crippen molar-refractivity contribution in [1.29, 1.82) is 0 Å². The summed E-state index contributed by atoms with van der Waals surface area (Å²) in [5, 5.41) is 3.08. The van der Waals surface area contributed by atoms with Gasteiger partial charge >= 0.3 is 0 Å². The van der Waals surface area contributed by atoms with Crippen molar-refractivity contribution in [2.45, 2.75) is 57.5 Å². The Hall–Kier alpha value is -1.55. The Morgan fingerprint density at radius 2 is 1.95 bits per heavy atom. The normalized spacial score (nSPS) is 17.8. The van der Waals surface area contributed by atoms with Gasteiger partial charge in [0, 0.05) is 17.6 Å². The zero-order chi connectivity index (χ0) is 15.1. The second-order valence-corrected chi connectivity index (χ2v) is 5.87. The quantitative estimate of drug-likeness (QED) is 0.820. The first-order valence-corrected chi connectivity index (χ1v) is 7.93. The Kier molecular flexibility index (Phi) is 6.05. The van der Waals surface area contributed by atoms with Crippen molar-refractivity contribution in [1.82, 2.24) is 5.32 Å². The molecule has 1 aromatic carbocycles. The molecule has 1 aromatic rings. The van der Waals surface area contributed by atoms with E-state index in [-0.39, 0.29) is 18.6 Å². The van der Waals surface area contributed by atoms with Crippen LogP contribution in [0.4, 0.5) is 0 Å². The van der Waals surface area contributed by atoms with Crippen LogP contribution in [0.5, 0.6) is 5.75 Å². The highest BCUT2D eigenvalue weighted by molar-refractivity contribution is 5.77. The van der Waals surface area contributed by atoms with E-state index in [1.54, 1.807) is 0 Å². The number of nitrogens with one attached hydrogen (secondary N) is 1. The highest BCUT2D eigenvalue weighted by atomic mass is 16.5. The molecule has 4 nitrogen and oxygen atoms in total. The second-order valence-electron chi connectivity index (χ2n) is 5.87. The van der Waals surface area contributed by atoms with E-state index in [9.17, 15) is 4.79 Å². The minimum absolute atomic E-state index is 0.0404. The molecule has 1 aliphatic rings. The number of ether oxygens (including phenoxy) is 1. The average molecular weight is 290 g/mol. The number of rotatable bonds is 5. The molecule has 21 heavy (non-hydrogen) atoms. The largest absolute Gasteiger partial charge is 0.483 e. The number of para-hydroxylation sites is 1. The Bertz CT molecular complexity index is 452. The molecule has 0 heterocycles. The van der Waals surface area contributed by atoms with Gasteiger partial charge in [-0.15, -0.1) is 0 Å². The van der Waals surface area contributed by atoms with Gasteiger partial charge in [-0.3, -0.25) is 4.79 Å². The SMILES string of the molecule is CC(N)c1ccccc1OCC(=O)NC1CCCCCC1. The molecule has 1 atom stereocenters. The fourth-order valence-corrected chi connectivity index (χ4v) is 2.82. The Morgan fingerprint density at radius 1 is 1.29 bits per heavy atom. The van der Waals surface area contributed by atoms with E-state index < -0.39 is 0 Å². The molecule has 2 rings (SSSR count). The number of hydrogen-bond donors (Lipinski definition) is 2. The third-order valence-corrected chi connectivity index (χ3v) is 3.99. The van der Waals surface area contributed by atoms with E-state index in [0.717, 1.165) is 18.4 Å². The number of hydrogen-bond acceptors (Lipinski definition) is 3. The predicted molar refractivity (Wildman–Crippen MR) is 84.2 cm³/mol. The highest BCUT2D eigenvalue weighted by Gasteiger charge is 2.15. The first kappa shape index (κ1) is 15.8. The van der Waals surface area contributed by atoms with Crippen molar-refractivity contribution < 1.29 is 9.53 Å². The van der Waals surface area contributed by atoms with Gasteiger partial charge < -0.3 is 15.8 Å². The van der Waals surface area contributed by atoms with E-state index in [4.69, 9.17) is 10.5 Å². The Labute approximate surface area is 127 Å². The second kappa shape index (κ2) is 8.03. The van der Waals surface area contributed by atoms with Gasteiger partial charge in [0.15, 0.2) is 6.61 Å². The summed E-state index contributed by atoms with van der Waals surface area (Å²) in [7, 11) is 0. The van der Waals surface area contributed by atoms with E-state index in [0.29, 0.717) is 11.8 Å². The van der Waals surface area contributed by atoms with Crippen molar-refractivity contribution in [3.8, 4) is 5.75 Å². The van der Waals surface area contributed by atoms with Crippen molar-refractivity contribution in [3.63, 3.8) is 0 Å². The van der Waals surface area contributed by atoms with E-state index >= 15 is 0 Å². The minimum Gasteiger partial charge on any atom is -0.483 e. The molecule has 1 unspecified atom stereocenters. The molecule has 116 valence electrons. The van der Waals surface area contributed by atoms with Crippen LogP contribution in [0.25, 0.3) is 0 Å². The topological polar surface area (TPSA) is 64.3 Å². The van der Waals surface area contributed by atoms with Gasteiger partial charge in [0.2, 0.25) is 0 Å². The van der Waals surface area contributed by atoms with E-state index in [1.165, 1.54) is 25.7 Å². The van der Waals surface area contributed by atoms with Gasteiger partial charge in [-0.05, 0) is 25.8 Å². The first-order valence-electron chi connectivity index (χ1n) is 7.93. The molecule has 0 saturated heterocycles. The number of carbonyl (C=O) groups excluding carboxylic acids is 1. The molecular formula is C17H26N2O2. The minimum atomic E-state index is -0.105. The summed E-state index contributed by atoms with van der Waals surface area (Å²) in [5.74, 6) is 0.657. The lowest BCUT2D eigenvalue weighted by Gasteiger charge is -2.17. The van der Waals surface area contributed by atoms with Crippen LogP contribution in [0, 0.1) is 0 Å². The summed E-state index contributed by atoms with van der Waals surface area (Å²) in [5.41, 5.74) is 6.84. The molecular weight excluding hydrogens is 264 g/mol. The van der Waals surface area contributed by atoms with E-state index in [1.807, 2.05) is 31.2 Å². The fraction of sp³-hybridized carbons (Fsp3) is 0.588. The molecule has 0 radical (unpaired) electrons. The number of benzene rings is 1. The van der Waals surface area contributed by atoms with Crippen molar-refractivity contribution in [2.24, 2.45) is 5.73 Å². The number of nitrogens with two attached hydrogens (primary N) is 1. The van der Waals surface area contributed by atoms with E-state index in [2.05, 4.69) is 5.32 Å². The highest BCUT2D eigenvalue weighted by Crippen LogP contribution is 2.23. The molecule has 1 amide bonds. The van der Waals surface area contributed by atoms with Crippen molar-refractivity contribution in [2.75, 3.05) is 6.61 Å². The summed E-state index contributed by atoms with van der Waals surface area (Å²) < 4.78 is 5.64. The van der Waals surface area contributed by atoms with Gasteiger partial charge in [-0.1, -0.05) is 43.9 Å². The van der Waals surface area contributed by atoms with Gasteiger partial charge in [-0.2, -0.15) is 0 Å². The van der Waals surface area contributed by atoms with Crippen LogP contribution < -0.4 is 15.8 Å². The molecule has 0 aromatic heterocycles. The summed E-state index contributed by atoms with van der Waals surface area (Å²) in [6, 6.07) is 7.82. The Balaban J connectivity index is 1.83. The summed E-state index contributed by atoms with van der Waals surface area (Å²) >= 11 is 0. The maximum absolute atomic E-state index is 12.0. The lowest BCUT2D eigenvalue weighted by Crippen LogP contribution is -2.37. The van der Waals surface area contributed by atoms with Crippen molar-refractivity contribution >= 4 is 5.91 Å². The smallest absolute Gasteiger partial charge is 0.258 e. The molecule has 0 aliphatic heterocycles. The van der Waals surface area contributed by atoms with Crippen LogP contribution in [0.2, 0.25) is 0 Å². The number of amides is 1. The van der Waals surface area contributed by atoms with Crippen molar-refractivity contribution in [3.05, 3.63) is 29.8 Å². The van der Waals surface area contributed by atoms with Crippen LogP contribution >= 0.6 is 0 Å². The maximum atomic E-state index is 12.0. The monoisotopic (exact) mass is 290 g/mol. The summed E-state index contributed by atoms with van der Waals surface area (Å²) in [6.07, 6.45) is 7.15. The molecule has 0 bridgehead atoms. The van der Waals surface area contributed by atoms with Gasteiger partial charge in [-0.25, -0.2) is 0 Å². The summed E-state index contributed by atoms with van der Waals surface area (Å²) in [4.78, 5) is 12.0. The molecule has 1 aliphatic carbocycles. The van der Waals surface area contributed by atoms with Gasteiger partial charge in [0.25, 0.3) is 5.91 Å². The lowest BCUT2D eigenvalue weighted by atomic mass is 10.1. The maximum Gasteiger partial charge on any atom is 0.258 e. The van der Waals surface area contributed by atoms with Gasteiger partial charge in [0.05, 0.1) is 0 Å². The molecule has 3 N–H and O–H groups in total.